The van der Waals surface area contributed by atoms with Crippen LogP contribution in [0, 0.1) is 0 Å². The number of hydrogen-bond acceptors (Lipinski definition) is 3. The Balaban J connectivity index is 1.90. The molecule has 1 aliphatic rings. The van der Waals surface area contributed by atoms with Gasteiger partial charge >= 0.3 is 0 Å². The number of hydrogen-bond donors (Lipinski definition) is 1. The smallest absolute Gasteiger partial charge is 0.279 e. The average molecular weight is 289 g/mol. The molecule has 7 heteroatoms. The number of carbonyl (C=O) groups is 1. The van der Waals surface area contributed by atoms with Crippen molar-refractivity contribution in [2.45, 2.75) is 0 Å². The molecule has 0 aliphatic carbocycles. The molecule has 0 saturated carbocycles. The second-order valence-corrected chi connectivity index (χ2v) is 5.81. The third kappa shape index (κ3) is 4.46. The minimum absolute atomic E-state index is 0.0126. The van der Waals surface area contributed by atoms with E-state index in [1.165, 1.54) is 0 Å². The summed E-state index contributed by atoms with van der Waals surface area (Å²) in [4.78, 5) is 17.2. The summed E-state index contributed by atoms with van der Waals surface area (Å²) in [6.07, 6.45) is 0. The molecule has 1 amide bonds. The predicted molar refractivity (Wildman–Crippen MR) is 82.2 cm³/mol. The molecule has 21 heavy (non-hydrogen) atoms. The Bertz CT molecular complexity index is 541. The number of carbonyl (C=O) groups excluding carboxylic acids is 1. The van der Waals surface area contributed by atoms with E-state index in [1.54, 1.807) is 24.3 Å². The molecule has 0 aromatic heterocycles. The van der Waals surface area contributed by atoms with Gasteiger partial charge in [0.1, 0.15) is 0 Å². The molecule has 7 nitrogen and oxygen atoms in total. The summed E-state index contributed by atoms with van der Waals surface area (Å²) in [5.74, 6) is 0.0126. The van der Waals surface area contributed by atoms with Crippen molar-refractivity contribution in [2.75, 3.05) is 52.1 Å². The predicted octanol–water partition coefficient (Wildman–Crippen LogP) is 1.96. The monoisotopic (exact) mass is 289 g/mol. The van der Waals surface area contributed by atoms with Gasteiger partial charge in [0.2, 0.25) is 0 Å². The number of quaternary nitrogens is 1. The Hall–Kier alpha value is -2.08. The Kier molecular flexibility index (Phi) is 4.80. The molecule has 0 unspecified atom stereocenters. The van der Waals surface area contributed by atoms with E-state index < -0.39 is 0 Å². The number of azide groups is 1. The van der Waals surface area contributed by atoms with E-state index in [1.807, 2.05) is 0 Å². The van der Waals surface area contributed by atoms with Crippen LogP contribution in [0.1, 0.15) is 0 Å². The van der Waals surface area contributed by atoms with Crippen LogP contribution in [0.15, 0.2) is 29.4 Å². The average Bonchev–Trinajstić information content (AvgIpc) is 2.45. The van der Waals surface area contributed by atoms with Gasteiger partial charge in [-0.3, -0.25) is 9.69 Å². The van der Waals surface area contributed by atoms with Crippen LogP contribution in [-0.2, 0) is 4.79 Å². The lowest BCUT2D eigenvalue weighted by atomic mass is 10.2. The van der Waals surface area contributed by atoms with Gasteiger partial charge in [-0.1, -0.05) is 17.2 Å². The minimum atomic E-state index is 0.0126. The standard InChI is InChI=1S/C14H20N6O/c1-19-7-9-20(2,10-8-19)11-14(21)16-12-3-5-13(6-4-12)17-18-15/h3-6H,7-11H2,1-2H3/p+1. The maximum Gasteiger partial charge on any atom is 0.279 e. The Morgan fingerprint density at radius 2 is 2.00 bits per heavy atom. The molecular weight excluding hydrogens is 268 g/mol. The van der Waals surface area contributed by atoms with Gasteiger partial charge in [0.25, 0.3) is 5.91 Å². The van der Waals surface area contributed by atoms with E-state index in [9.17, 15) is 4.79 Å². The molecule has 0 atom stereocenters. The van der Waals surface area contributed by atoms with Gasteiger partial charge in [0.05, 0.1) is 20.1 Å². The molecule has 0 radical (unpaired) electrons. The topological polar surface area (TPSA) is 81.1 Å². The SMILES string of the molecule is CN1CC[N+](C)(CC(=O)Nc2ccc(N=[N+]=[N-])cc2)CC1. The van der Waals surface area contributed by atoms with Gasteiger partial charge in [-0.2, -0.15) is 0 Å². The molecule has 1 aromatic rings. The number of piperazine rings is 1. The third-order valence-corrected chi connectivity index (χ3v) is 3.88. The van der Waals surface area contributed by atoms with Crippen LogP contribution in [0.3, 0.4) is 0 Å². The molecule has 0 spiro atoms. The lowest BCUT2D eigenvalue weighted by Crippen LogP contribution is -2.58. The van der Waals surface area contributed by atoms with E-state index in [4.69, 9.17) is 5.53 Å². The zero-order chi connectivity index (χ0) is 15.3. The van der Waals surface area contributed by atoms with Gasteiger partial charge in [0, 0.05) is 29.4 Å². The van der Waals surface area contributed by atoms with Gasteiger partial charge < -0.3 is 9.80 Å². The molecule has 1 N–H and O–H groups in total. The summed E-state index contributed by atoms with van der Waals surface area (Å²) >= 11 is 0. The van der Waals surface area contributed by atoms with E-state index in [2.05, 4.69) is 34.3 Å². The summed E-state index contributed by atoms with van der Waals surface area (Å²) in [7, 11) is 4.23. The fraction of sp³-hybridized carbons (Fsp3) is 0.500. The first-order valence-corrected chi connectivity index (χ1v) is 6.98. The van der Waals surface area contributed by atoms with Crippen molar-refractivity contribution in [3.8, 4) is 0 Å². The van der Waals surface area contributed by atoms with Crippen LogP contribution < -0.4 is 5.32 Å². The molecule has 1 fully saturated rings. The second-order valence-electron chi connectivity index (χ2n) is 5.81. The number of amides is 1. The minimum Gasteiger partial charge on any atom is -0.321 e. The van der Waals surface area contributed by atoms with E-state index in [0.29, 0.717) is 12.2 Å². The van der Waals surface area contributed by atoms with Crippen molar-refractivity contribution in [2.24, 2.45) is 5.11 Å². The van der Waals surface area contributed by atoms with Crippen molar-refractivity contribution < 1.29 is 9.28 Å². The van der Waals surface area contributed by atoms with Crippen LogP contribution in [0.5, 0.6) is 0 Å². The van der Waals surface area contributed by atoms with Crippen molar-refractivity contribution in [3.05, 3.63) is 34.7 Å². The first-order valence-electron chi connectivity index (χ1n) is 6.98. The number of nitrogens with zero attached hydrogens (tertiary/aromatic N) is 5. The lowest BCUT2D eigenvalue weighted by Gasteiger charge is -2.40. The van der Waals surface area contributed by atoms with E-state index in [0.717, 1.165) is 36.3 Å². The number of rotatable bonds is 4. The fourth-order valence-electron chi connectivity index (χ4n) is 2.42. The normalized spacial score (nSPS) is 17.8. The molecule has 0 bridgehead atoms. The maximum absolute atomic E-state index is 12.2. The summed E-state index contributed by atoms with van der Waals surface area (Å²) in [5, 5.41) is 6.39. The molecule has 1 saturated heterocycles. The highest BCUT2D eigenvalue weighted by atomic mass is 16.2. The molecular formula is C14H21N6O+. The summed E-state index contributed by atoms with van der Waals surface area (Å²) in [6, 6.07) is 6.85. The van der Waals surface area contributed by atoms with Crippen LogP contribution in [-0.4, -0.2) is 62.1 Å². The van der Waals surface area contributed by atoms with Gasteiger partial charge in [-0.05, 0) is 24.7 Å². The third-order valence-electron chi connectivity index (χ3n) is 3.88. The number of anilines is 1. The highest BCUT2D eigenvalue weighted by Gasteiger charge is 2.29. The van der Waals surface area contributed by atoms with Gasteiger partial charge in [0.15, 0.2) is 6.54 Å². The van der Waals surface area contributed by atoms with Crippen molar-refractivity contribution in [1.29, 1.82) is 0 Å². The number of benzene rings is 1. The summed E-state index contributed by atoms with van der Waals surface area (Å²) in [6.45, 7) is 4.49. The zero-order valence-electron chi connectivity index (χ0n) is 12.5. The first kappa shape index (κ1) is 15.3. The van der Waals surface area contributed by atoms with E-state index in [-0.39, 0.29) is 5.91 Å². The summed E-state index contributed by atoms with van der Waals surface area (Å²) < 4.78 is 0.771. The maximum atomic E-state index is 12.2. The Morgan fingerprint density at radius 1 is 1.38 bits per heavy atom. The van der Waals surface area contributed by atoms with Crippen LogP contribution >= 0.6 is 0 Å². The molecule has 112 valence electrons. The van der Waals surface area contributed by atoms with Crippen LogP contribution in [0.2, 0.25) is 0 Å². The Labute approximate surface area is 124 Å². The van der Waals surface area contributed by atoms with Crippen molar-refractivity contribution in [3.63, 3.8) is 0 Å². The van der Waals surface area contributed by atoms with Crippen LogP contribution in [0.25, 0.3) is 10.4 Å². The Morgan fingerprint density at radius 3 is 2.57 bits per heavy atom. The molecule has 1 aromatic carbocycles. The van der Waals surface area contributed by atoms with Crippen molar-refractivity contribution >= 4 is 17.3 Å². The first-order chi connectivity index (χ1) is 10.0. The molecule has 1 heterocycles. The number of likely N-dealkylation sites (N-methyl/N-ethyl adjacent to an activating group) is 2. The largest absolute Gasteiger partial charge is 0.321 e. The molecule has 1 aliphatic heterocycles. The van der Waals surface area contributed by atoms with Crippen LogP contribution in [0.4, 0.5) is 11.4 Å². The fourth-order valence-corrected chi connectivity index (χ4v) is 2.42. The second kappa shape index (κ2) is 6.58. The molecule has 2 rings (SSSR count). The van der Waals surface area contributed by atoms with Gasteiger partial charge in [-0.25, -0.2) is 0 Å². The summed E-state index contributed by atoms with van der Waals surface area (Å²) in [5.41, 5.74) is 9.60. The zero-order valence-corrected chi connectivity index (χ0v) is 12.5. The highest BCUT2D eigenvalue weighted by molar-refractivity contribution is 5.91. The number of nitrogens with one attached hydrogen (secondary N) is 1. The lowest BCUT2D eigenvalue weighted by molar-refractivity contribution is -0.905. The quantitative estimate of drug-likeness (QED) is 0.398. The van der Waals surface area contributed by atoms with Gasteiger partial charge in [-0.15, -0.1) is 0 Å². The highest BCUT2D eigenvalue weighted by Crippen LogP contribution is 2.17. The van der Waals surface area contributed by atoms with E-state index >= 15 is 0 Å². The van der Waals surface area contributed by atoms with Crippen molar-refractivity contribution in [1.82, 2.24) is 4.90 Å².